The molecule has 0 amide bonds. The van der Waals surface area contributed by atoms with Gasteiger partial charge in [-0.25, -0.2) is 9.97 Å². The molecule has 126 valence electrons. The molecule has 0 fully saturated rings. The average Bonchev–Trinajstić information content (AvgIpc) is 3.09. The zero-order valence-corrected chi connectivity index (χ0v) is 14.5. The van der Waals surface area contributed by atoms with Crippen LogP contribution in [0.4, 0.5) is 0 Å². The quantitative estimate of drug-likeness (QED) is 0.740. The number of nitrogens with zero attached hydrogens (tertiary/aromatic N) is 2. The molecule has 7 heteroatoms. The second-order valence-electron chi connectivity index (χ2n) is 5.46. The molecule has 0 unspecified atom stereocenters. The Morgan fingerprint density at radius 1 is 1.04 bits per heavy atom. The van der Waals surface area contributed by atoms with Gasteiger partial charge in [0.25, 0.3) is 0 Å². The summed E-state index contributed by atoms with van der Waals surface area (Å²) in [6.07, 6.45) is 1.72. The lowest BCUT2D eigenvalue weighted by Crippen LogP contribution is -2.04. The van der Waals surface area contributed by atoms with E-state index >= 15 is 0 Å². The molecule has 2 aromatic carbocycles. The first kappa shape index (κ1) is 16.1. The molecule has 1 aliphatic heterocycles. The summed E-state index contributed by atoms with van der Waals surface area (Å²) in [7, 11) is 0. The summed E-state index contributed by atoms with van der Waals surface area (Å²) in [5, 5.41) is 1.07. The van der Waals surface area contributed by atoms with Gasteiger partial charge in [-0.05, 0) is 36.4 Å². The SMILES string of the molecule is NCc1cnc(-c2ccc3c(c2)OCO3)nc1-c1ccc(Cl)cc1Cl. The van der Waals surface area contributed by atoms with Gasteiger partial charge in [-0.2, -0.15) is 0 Å². The minimum atomic E-state index is 0.220. The van der Waals surface area contributed by atoms with Crippen LogP contribution < -0.4 is 15.2 Å². The zero-order chi connectivity index (χ0) is 17.4. The molecule has 25 heavy (non-hydrogen) atoms. The van der Waals surface area contributed by atoms with Crippen molar-refractivity contribution in [2.75, 3.05) is 6.79 Å². The Bertz CT molecular complexity index is 963. The molecule has 0 radical (unpaired) electrons. The van der Waals surface area contributed by atoms with Gasteiger partial charge in [-0.3, -0.25) is 0 Å². The minimum absolute atomic E-state index is 0.220. The lowest BCUT2D eigenvalue weighted by atomic mass is 10.1. The Hall–Kier alpha value is -2.34. The van der Waals surface area contributed by atoms with Crippen LogP contribution >= 0.6 is 23.2 Å². The number of fused-ring (bicyclic) bond motifs is 1. The van der Waals surface area contributed by atoms with Gasteiger partial charge >= 0.3 is 0 Å². The fourth-order valence-corrected chi connectivity index (χ4v) is 3.14. The summed E-state index contributed by atoms with van der Waals surface area (Å²) in [5.74, 6) is 1.94. The van der Waals surface area contributed by atoms with Gasteiger partial charge in [0.15, 0.2) is 17.3 Å². The minimum Gasteiger partial charge on any atom is -0.454 e. The number of hydrogen-bond acceptors (Lipinski definition) is 5. The predicted octanol–water partition coefficient (Wildman–Crippen LogP) is 4.30. The fraction of sp³-hybridized carbons (Fsp3) is 0.111. The Balaban J connectivity index is 1.83. The average molecular weight is 374 g/mol. The van der Waals surface area contributed by atoms with Crippen LogP contribution in [0.5, 0.6) is 11.5 Å². The van der Waals surface area contributed by atoms with E-state index in [0.29, 0.717) is 39.6 Å². The molecule has 0 saturated carbocycles. The number of hydrogen-bond donors (Lipinski definition) is 1. The first-order valence-corrected chi connectivity index (χ1v) is 8.33. The third-order valence-electron chi connectivity index (χ3n) is 3.90. The Labute approximate surface area is 154 Å². The number of halogens is 2. The molecular weight excluding hydrogens is 361 g/mol. The van der Waals surface area contributed by atoms with Gasteiger partial charge in [0.1, 0.15) is 0 Å². The third-order valence-corrected chi connectivity index (χ3v) is 4.45. The number of aromatic nitrogens is 2. The summed E-state index contributed by atoms with van der Waals surface area (Å²) >= 11 is 12.3. The molecule has 0 saturated heterocycles. The van der Waals surface area contributed by atoms with Crippen molar-refractivity contribution in [1.29, 1.82) is 0 Å². The van der Waals surface area contributed by atoms with Crippen LogP contribution in [-0.2, 0) is 6.54 Å². The largest absolute Gasteiger partial charge is 0.454 e. The molecule has 0 spiro atoms. The lowest BCUT2D eigenvalue weighted by Gasteiger charge is -2.11. The molecule has 1 aliphatic rings. The van der Waals surface area contributed by atoms with Gasteiger partial charge < -0.3 is 15.2 Å². The smallest absolute Gasteiger partial charge is 0.231 e. The van der Waals surface area contributed by atoms with E-state index in [0.717, 1.165) is 16.7 Å². The third kappa shape index (κ3) is 3.02. The molecular formula is C18H13Cl2N3O2. The number of nitrogens with two attached hydrogens (primary N) is 1. The molecule has 0 atom stereocenters. The van der Waals surface area contributed by atoms with Crippen LogP contribution in [0.15, 0.2) is 42.6 Å². The summed E-state index contributed by atoms with van der Waals surface area (Å²) in [6.45, 7) is 0.521. The summed E-state index contributed by atoms with van der Waals surface area (Å²) < 4.78 is 10.8. The molecule has 4 rings (SSSR count). The Kier molecular flexibility index (Phi) is 4.21. The van der Waals surface area contributed by atoms with Gasteiger partial charge in [0.05, 0.1) is 10.7 Å². The highest BCUT2D eigenvalue weighted by Crippen LogP contribution is 2.36. The van der Waals surface area contributed by atoms with Gasteiger partial charge in [0, 0.05) is 34.5 Å². The van der Waals surface area contributed by atoms with Crippen molar-refractivity contribution < 1.29 is 9.47 Å². The van der Waals surface area contributed by atoms with E-state index in [2.05, 4.69) is 9.97 Å². The molecule has 3 aromatic rings. The summed E-state index contributed by atoms with van der Waals surface area (Å²) in [5.41, 5.74) is 8.91. The van der Waals surface area contributed by atoms with Crippen molar-refractivity contribution in [1.82, 2.24) is 9.97 Å². The van der Waals surface area contributed by atoms with E-state index in [9.17, 15) is 0 Å². The first-order valence-electron chi connectivity index (χ1n) is 7.57. The maximum Gasteiger partial charge on any atom is 0.231 e. The van der Waals surface area contributed by atoms with Crippen molar-refractivity contribution in [3.05, 3.63) is 58.2 Å². The highest BCUT2D eigenvalue weighted by molar-refractivity contribution is 6.36. The first-order chi connectivity index (χ1) is 12.2. The van der Waals surface area contributed by atoms with E-state index in [1.54, 1.807) is 18.3 Å². The van der Waals surface area contributed by atoms with Crippen LogP contribution in [0, 0.1) is 0 Å². The highest BCUT2D eigenvalue weighted by atomic mass is 35.5. The monoisotopic (exact) mass is 373 g/mol. The molecule has 1 aromatic heterocycles. The standard InChI is InChI=1S/C18H13Cl2N3O2/c19-12-2-3-13(14(20)6-12)17-11(7-21)8-22-18(23-17)10-1-4-15-16(5-10)25-9-24-15/h1-6,8H,7,9,21H2. The van der Waals surface area contributed by atoms with Crippen molar-refractivity contribution in [2.45, 2.75) is 6.54 Å². The number of benzene rings is 2. The highest BCUT2D eigenvalue weighted by Gasteiger charge is 2.17. The Morgan fingerprint density at radius 2 is 1.88 bits per heavy atom. The molecule has 5 nitrogen and oxygen atoms in total. The topological polar surface area (TPSA) is 70.3 Å². The molecule has 2 N–H and O–H groups in total. The Morgan fingerprint density at radius 3 is 2.68 bits per heavy atom. The molecule has 2 heterocycles. The van der Waals surface area contributed by atoms with E-state index in [1.807, 2.05) is 24.3 Å². The molecule has 0 bridgehead atoms. The van der Waals surface area contributed by atoms with E-state index in [-0.39, 0.29) is 6.79 Å². The maximum absolute atomic E-state index is 6.35. The van der Waals surface area contributed by atoms with E-state index in [4.69, 9.17) is 38.4 Å². The van der Waals surface area contributed by atoms with Crippen LogP contribution in [0.25, 0.3) is 22.6 Å². The van der Waals surface area contributed by atoms with Gasteiger partial charge in [-0.1, -0.05) is 23.2 Å². The van der Waals surface area contributed by atoms with Crippen LogP contribution in [-0.4, -0.2) is 16.8 Å². The van der Waals surface area contributed by atoms with Crippen molar-refractivity contribution >= 4 is 23.2 Å². The van der Waals surface area contributed by atoms with E-state index in [1.165, 1.54) is 0 Å². The van der Waals surface area contributed by atoms with Crippen LogP contribution in [0.3, 0.4) is 0 Å². The van der Waals surface area contributed by atoms with E-state index < -0.39 is 0 Å². The number of ether oxygens (including phenoxy) is 2. The van der Waals surface area contributed by atoms with Crippen molar-refractivity contribution in [2.24, 2.45) is 5.73 Å². The lowest BCUT2D eigenvalue weighted by molar-refractivity contribution is 0.174. The number of rotatable bonds is 3. The van der Waals surface area contributed by atoms with Crippen molar-refractivity contribution in [3.63, 3.8) is 0 Å². The predicted molar refractivity (Wildman–Crippen MR) is 96.9 cm³/mol. The molecule has 0 aliphatic carbocycles. The second kappa shape index (κ2) is 6.52. The zero-order valence-electron chi connectivity index (χ0n) is 13.0. The normalized spacial score (nSPS) is 12.4. The van der Waals surface area contributed by atoms with Gasteiger partial charge in [0.2, 0.25) is 6.79 Å². The fourth-order valence-electron chi connectivity index (χ4n) is 2.65. The second-order valence-corrected chi connectivity index (χ2v) is 6.31. The van der Waals surface area contributed by atoms with Crippen molar-refractivity contribution in [3.8, 4) is 34.1 Å². The van der Waals surface area contributed by atoms with Crippen LogP contribution in [0.2, 0.25) is 10.0 Å². The van der Waals surface area contributed by atoms with Gasteiger partial charge in [-0.15, -0.1) is 0 Å². The summed E-state index contributed by atoms with van der Waals surface area (Å²) in [4.78, 5) is 9.11. The maximum atomic E-state index is 6.35. The van der Waals surface area contributed by atoms with Crippen LogP contribution in [0.1, 0.15) is 5.56 Å². The summed E-state index contributed by atoms with van der Waals surface area (Å²) in [6, 6.07) is 10.9.